The van der Waals surface area contributed by atoms with E-state index in [2.05, 4.69) is 25.0 Å². The Hall–Kier alpha value is -1.80. The van der Waals surface area contributed by atoms with Gasteiger partial charge in [-0.15, -0.1) is 0 Å². The number of imide groups is 1. The van der Waals surface area contributed by atoms with Gasteiger partial charge >= 0.3 is 6.09 Å². The monoisotopic (exact) mass is 314 g/mol. The van der Waals surface area contributed by atoms with E-state index in [1.54, 1.807) is 13.0 Å². The van der Waals surface area contributed by atoms with E-state index in [-0.39, 0.29) is 12.4 Å². The van der Waals surface area contributed by atoms with Crippen LogP contribution in [0.5, 0.6) is 0 Å². The number of aromatic amines is 1. The van der Waals surface area contributed by atoms with Gasteiger partial charge in [-0.05, 0) is 13.0 Å². The van der Waals surface area contributed by atoms with Gasteiger partial charge in [-0.2, -0.15) is 0 Å². The molecule has 106 valence electrons. The lowest BCUT2D eigenvalue weighted by atomic mass is 10.4. The van der Waals surface area contributed by atoms with Gasteiger partial charge in [0.2, 0.25) is 5.91 Å². The zero-order valence-corrected chi connectivity index (χ0v) is 12.0. The third-order valence-electron chi connectivity index (χ3n) is 2.14. The molecule has 2 aromatic heterocycles. The second-order valence-corrected chi connectivity index (χ2v) is 5.02. The fourth-order valence-electron chi connectivity index (χ4n) is 1.37. The van der Waals surface area contributed by atoms with Crippen LogP contribution in [-0.4, -0.2) is 39.3 Å². The Morgan fingerprint density at radius 2 is 2.35 bits per heavy atom. The van der Waals surface area contributed by atoms with Crippen LogP contribution in [0.2, 0.25) is 5.02 Å². The first-order valence-corrected chi connectivity index (χ1v) is 7.05. The number of amides is 2. The molecule has 2 N–H and O–H groups in total. The first-order valence-electron chi connectivity index (χ1n) is 5.69. The van der Waals surface area contributed by atoms with Gasteiger partial charge in [0.1, 0.15) is 0 Å². The second-order valence-electron chi connectivity index (χ2n) is 3.62. The molecule has 0 spiro atoms. The van der Waals surface area contributed by atoms with Gasteiger partial charge in [0.15, 0.2) is 10.8 Å². The molecule has 0 unspecified atom stereocenters. The van der Waals surface area contributed by atoms with Crippen LogP contribution in [0.3, 0.4) is 0 Å². The summed E-state index contributed by atoms with van der Waals surface area (Å²) < 4.78 is 4.60. The molecule has 0 fully saturated rings. The van der Waals surface area contributed by atoms with Crippen molar-refractivity contribution in [3.8, 4) is 0 Å². The number of hydrogen-bond donors (Lipinski definition) is 2. The quantitative estimate of drug-likeness (QED) is 0.837. The summed E-state index contributed by atoms with van der Waals surface area (Å²) in [7, 11) is 0. The SMILES string of the molecule is CCOC(=O)NC(=O)CSc1nc2ncc(Cl)cc2[nH]1. The Labute approximate surface area is 123 Å². The van der Waals surface area contributed by atoms with E-state index in [0.29, 0.717) is 21.3 Å². The largest absolute Gasteiger partial charge is 0.450 e. The molecule has 0 saturated carbocycles. The topological polar surface area (TPSA) is 97.0 Å². The number of halogens is 1. The molecular weight excluding hydrogens is 304 g/mol. The first kappa shape index (κ1) is 14.6. The van der Waals surface area contributed by atoms with Crippen molar-refractivity contribution >= 4 is 46.5 Å². The summed E-state index contributed by atoms with van der Waals surface area (Å²) in [5.41, 5.74) is 1.20. The van der Waals surface area contributed by atoms with Crippen LogP contribution in [0.25, 0.3) is 11.2 Å². The number of rotatable bonds is 4. The van der Waals surface area contributed by atoms with Gasteiger partial charge in [-0.1, -0.05) is 23.4 Å². The molecule has 9 heteroatoms. The van der Waals surface area contributed by atoms with Crippen molar-refractivity contribution in [1.82, 2.24) is 20.3 Å². The number of nitrogens with one attached hydrogen (secondary N) is 2. The van der Waals surface area contributed by atoms with Gasteiger partial charge < -0.3 is 9.72 Å². The standard InChI is InChI=1S/C11H11ClN4O3S/c1-2-19-11(18)15-8(17)5-20-10-14-7-3-6(12)4-13-9(7)16-10/h3-4H,2,5H2,1H3,(H,13,14,16)(H,15,17,18). The highest BCUT2D eigenvalue weighted by atomic mass is 35.5. The molecule has 7 nitrogen and oxygen atoms in total. The lowest BCUT2D eigenvalue weighted by molar-refractivity contribution is -0.117. The van der Waals surface area contributed by atoms with Gasteiger partial charge in [0.25, 0.3) is 0 Å². The number of aromatic nitrogens is 3. The van der Waals surface area contributed by atoms with Gasteiger partial charge in [-0.25, -0.2) is 14.8 Å². The van der Waals surface area contributed by atoms with Crippen LogP contribution in [0.1, 0.15) is 6.92 Å². The summed E-state index contributed by atoms with van der Waals surface area (Å²) in [4.78, 5) is 33.7. The summed E-state index contributed by atoms with van der Waals surface area (Å²) in [6, 6.07) is 1.69. The predicted octanol–water partition coefficient (Wildman–Crippen LogP) is 1.98. The Balaban J connectivity index is 1.92. The van der Waals surface area contributed by atoms with Crippen LogP contribution < -0.4 is 5.32 Å². The minimum atomic E-state index is -0.754. The highest BCUT2D eigenvalue weighted by molar-refractivity contribution is 7.99. The number of imidazole rings is 1. The van der Waals surface area contributed by atoms with E-state index < -0.39 is 12.0 Å². The fraction of sp³-hybridized carbons (Fsp3) is 0.273. The van der Waals surface area contributed by atoms with Crippen molar-refractivity contribution < 1.29 is 14.3 Å². The number of H-pyrrole nitrogens is 1. The summed E-state index contributed by atoms with van der Waals surface area (Å²) >= 11 is 6.96. The molecule has 0 bridgehead atoms. The van der Waals surface area contributed by atoms with Crippen molar-refractivity contribution in [2.24, 2.45) is 0 Å². The van der Waals surface area contributed by atoms with E-state index in [0.717, 1.165) is 11.8 Å². The minimum Gasteiger partial charge on any atom is -0.450 e. The highest BCUT2D eigenvalue weighted by Gasteiger charge is 2.11. The smallest absolute Gasteiger partial charge is 0.413 e. The lowest BCUT2D eigenvalue weighted by Crippen LogP contribution is -2.32. The maximum Gasteiger partial charge on any atom is 0.413 e. The highest BCUT2D eigenvalue weighted by Crippen LogP contribution is 2.20. The van der Waals surface area contributed by atoms with Crippen LogP contribution in [0.15, 0.2) is 17.4 Å². The molecule has 0 aromatic carbocycles. The Bertz CT molecular complexity index is 646. The maximum absolute atomic E-state index is 11.5. The van der Waals surface area contributed by atoms with E-state index in [9.17, 15) is 9.59 Å². The molecule has 0 aliphatic heterocycles. The van der Waals surface area contributed by atoms with E-state index in [1.807, 2.05) is 0 Å². The fourth-order valence-corrected chi connectivity index (χ4v) is 2.20. The van der Waals surface area contributed by atoms with Crippen molar-refractivity contribution in [2.45, 2.75) is 12.1 Å². The van der Waals surface area contributed by atoms with E-state index >= 15 is 0 Å². The molecule has 2 heterocycles. The number of hydrogen-bond acceptors (Lipinski definition) is 6. The molecular formula is C11H11ClN4O3S. The predicted molar refractivity (Wildman–Crippen MR) is 74.8 cm³/mol. The normalized spacial score (nSPS) is 10.5. The first-order chi connectivity index (χ1) is 9.58. The van der Waals surface area contributed by atoms with E-state index in [1.165, 1.54) is 6.20 Å². The number of ether oxygens (including phenoxy) is 1. The summed E-state index contributed by atoms with van der Waals surface area (Å²) in [5.74, 6) is -0.424. The molecule has 20 heavy (non-hydrogen) atoms. The summed E-state index contributed by atoms with van der Waals surface area (Å²) in [6.07, 6.45) is 0.739. The maximum atomic E-state index is 11.5. The average molecular weight is 315 g/mol. The number of fused-ring (bicyclic) bond motifs is 1. The number of pyridine rings is 1. The Kier molecular flexibility index (Phi) is 4.80. The molecule has 2 amide bonds. The number of thioether (sulfide) groups is 1. The Morgan fingerprint density at radius 3 is 3.10 bits per heavy atom. The van der Waals surface area contributed by atoms with Crippen molar-refractivity contribution in [3.63, 3.8) is 0 Å². The molecule has 0 aliphatic rings. The third-order valence-corrected chi connectivity index (χ3v) is 3.22. The van der Waals surface area contributed by atoms with Crippen LogP contribution >= 0.6 is 23.4 Å². The number of alkyl carbamates (subject to hydrolysis) is 1. The minimum absolute atomic E-state index is 0.0341. The Morgan fingerprint density at radius 1 is 1.55 bits per heavy atom. The zero-order chi connectivity index (χ0) is 14.5. The molecule has 2 rings (SSSR count). The van der Waals surface area contributed by atoms with Crippen molar-refractivity contribution in [1.29, 1.82) is 0 Å². The average Bonchev–Trinajstić information content (AvgIpc) is 2.78. The van der Waals surface area contributed by atoms with E-state index in [4.69, 9.17) is 11.6 Å². The van der Waals surface area contributed by atoms with Gasteiger partial charge in [0, 0.05) is 6.20 Å². The molecule has 0 radical (unpaired) electrons. The molecule has 0 saturated heterocycles. The van der Waals surface area contributed by atoms with Gasteiger partial charge in [0.05, 0.1) is 22.9 Å². The molecule has 0 aliphatic carbocycles. The summed E-state index contributed by atoms with van der Waals surface area (Å²) in [6.45, 7) is 1.87. The third kappa shape index (κ3) is 3.84. The lowest BCUT2D eigenvalue weighted by Gasteiger charge is -2.02. The number of nitrogens with zero attached hydrogens (tertiary/aromatic N) is 2. The molecule has 0 atom stereocenters. The number of carbonyl (C=O) groups excluding carboxylic acids is 2. The van der Waals surface area contributed by atoms with Gasteiger partial charge in [-0.3, -0.25) is 10.1 Å². The second kappa shape index (κ2) is 6.58. The molecule has 2 aromatic rings. The van der Waals surface area contributed by atoms with Crippen molar-refractivity contribution in [3.05, 3.63) is 17.3 Å². The van der Waals surface area contributed by atoms with Crippen LogP contribution in [-0.2, 0) is 9.53 Å². The number of carbonyl (C=O) groups is 2. The zero-order valence-electron chi connectivity index (χ0n) is 10.5. The van der Waals surface area contributed by atoms with Crippen molar-refractivity contribution in [2.75, 3.05) is 12.4 Å². The van der Waals surface area contributed by atoms with Crippen LogP contribution in [0.4, 0.5) is 4.79 Å². The summed E-state index contributed by atoms with van der Waals surface area (Å²) in [5, 5.41) is 3.11. The van der Waals surface area contributed by atoms with Crippen LogP contribution in [0, 0.1) is 0 Å².